The highest BCUT2D eigenvalue weighted by molar-refractivity contribution is 7.71. The molecule has 0 spiro atoms. The largest absolute Gasteiger partial charge is 0.340 e. The number of hydrogen-bond donors (Lipinski definition) is 8. The predicted octanol–water partition coefficient (Wildman–Crippen LogP) is 2.05. The van der Waals surface area contributed by atoms with Gasteiger partial charge in [0.05, 0.1) is 0 Å². The van der Waals surface area contributed by atoms with Crippen LogP contribution in [0.25, 0.3) is 0 Å². The van der Waals surface area contributed by atoms with Gasteiger partial charge in [0, 0.05) is 0 Å². The first-order chi connectivity index (χ1) is 12.1. The molecular formula is C12H28O12P4. The lowest BCUT2D eigenvalue weighted by Gasteiger charge is -2.19. The van der Waals surface area contributed by atoms with E-state index in [-0.39, 0.29) is 25.7 Å². The monoisotopic (exact) mass is 488 g/mol. The van der Waals surface area contributed by atoms with Crippen LogP contribution in [0.5, 0.6) is 0 Å². The summed E-state index contributed by atoms with van der Waals surface area (Å²) >= 11 is 0. The molecule has 0 saturated heterocycles. The van der Waals surface area contributed by atoms with Gasteiger partial charge in [-0.3, -0.25) is 18.3 Å². The zero-order valence-corrected chi connectivity index (χ0v) is 19.0. The zero-order valence-electron chi connectivity index (χ0n) is 15.4. The van der Waals surface area contributed by atoms with Crippen LogP contribution in [-0.2, 0) is 18.3 Å². The summed E-state index contributed by atoms with van der Waals surface area (Å²) in [6, 6.07) is 0. The van der Waals surface area contributed by atoms with Crippen molar-refractivity contribution in [2.24, 2.45) is 0 Å². The van der Waals surface area contributed by atoms with Crippen molar-refractivity contribution in [3.8, 4) is 0 Å². The van der Waals surface area contributed by atoms with Crippen molar-refractivity contribution in [1.29, 1.82) is 0 Å². The minimum Gasteiger partial charge on any atom is -0.324 e. The van der Waals surface area contributed by atoms with Gasteiger partial charge in [0.15, 0.2) is 10.8 Å². The van der Waals surface area contributed by atoms with E-state index in [9.17, 15) is 18.3 Å². The molecule has 16 heteroatoms. The Morgan fingerprint density at radius 3 is 0.893 bits per heavy atom. The lowest BCUT2D eigenvalue weighted by Crippen LogP contribution is -2.09. The van der Waals surface area contributed by atoms with Crippen molar-refractivity contribution in [2.75, 3.05) is 0 Å². The molecule has 0 aromatic rings. The first-order valence-electron chi connectivity index (χ1n) is 7.59. The summed E-state index contributed by atoms with van der Waals surface area (Å²) in [5, 5.41) is -3.82. The quantitative estimate of drug-likeness (QED) is 0.163. The normalized spacial score (nSPS) is 13.3. The highest BCUT2D eigenvalue weighted by Gasteiger charge is 2.43. The van der Waals surface area contributed by atoms with E-state index in [1.54, 1.807) is 13.8 Å². The second kappa shape index (κ2) is 11.5. The molecule has 0 atom stereocenters. The van der Waals surface area contributed by atoms with E-state index >= 15 is 0 Å². The van der Waals surface area contributed by atoms with Gasteiger partial charge >= 0.3 is 30.4 Å². The Labute approximate surface area is 163 Å². The highest BCUT2D eigenvalue weighted by Crippen LogP contribution is 2.62. The Bertz CT molecular complexity index is 617. The average Bonchev–Trinajstić information content (AvgIpc) is 2.31. The van der Waals surface area contributed by atoms with Gasteiger partial charge in [0.25, 0.3) is 0 Å². The molecule has 0 unspecified atom stereocenters. The molecule has 12 nitrogen and oxygen atoms in total. The second-order valence-electron chi connectivity index (χ2n) is 6.31. The molecule has 0 fully saturated rings. The smallest absolute Gasteiger partial charge is 0.324 e. The van der Waals surface area contributed by atoms with E-state index in [1.165, 1.54) is 0 Å². The van der Waals surface area contributed by atoms with Crippen LogP contribution in [0.2, 0.25) is 0 Å². The van der Waals surface area contributed by atoms with E-state index in [4.69, 9.17) is 39.1 Å². The third-order valence-corrected chi connectivity index (χ3v) is 11.0. The topological polar surface area (TPSA) is 230 Å². The van der Waals surface area contributed by atoms with Gasteiger partial charge in [-0.05, 0) is 39.5 Å². The molecule has 0 aromatic heterocycles. The Kier molecular flexibility index (Phi) is 12.4. The van der Waals surface area contributed by atoms with Gasteiger partial charge in [0.1, 0.15) is 0 Å². The maximum atomic E-state index is 10.8. The van der Waals surface area contributed by atoms with Gasteiger partial charge in [-0.1, -0.05) is 11.1 Å². The molecule has 0 bridgehead atoms. The molecule has 0 aromatic carbocycles. The Morgan fingerprint density at radius 1 is 0.607 bits per heavy atom. The van der Waals surface area contributed by atoms with Gasteiger partial charge in [-0.25, -0.2) is 0 Å². The average molecular weight is 488 g/mol. The Hall–Kier alpha value is 0.0800. The first kappa shape index (κ1) is 30.3. The van der Waals surface area contributed by atoms with E-state index in [0.29, 0.717) is 11.1 Å². The van der Waals surface area contributed by atoms with E-state index in [0.717, 1.165) is 0 Å². The van der Waals surface area contributed by atoms with E-state index < -0.39 is 41.2 Å². The minimum absolute atomic E-state index is 0.181. The van der Waals surface area contributed by atoms with Crippen molar-refractivity contribution in [3.05, 3.63) is 24.3 Å². The molecule has 8 N–H and O–H groups in total. The molecule has 0 aliphatic heterocycles. The zero-order chi connectivity index (χ0) is 23.1. The predicted molar refractivity (Wildman–Crippen MR) is 104 cm³/mol. The van der Waals surface area contributed by atoms with Gasteiger partial charge in [0.2, 0.25) is 0 Å². The van der Waals surface area contributed by atoms with Crippen LogP contribution >= 0.6 is 30.4 Å². The molecule has 0 aliphatic carbocycles. The van der Waals surface area contributed by atoms with Gasteiger partial charge in [-0.15, -0.1) is 13.2 Å². The molecule has 0 heterocycles. The van der Waals surface area contributed by atoms with Gasteiger partial charge < -0.3 is 39.1 Å². The number of rotatable bonds is 10. The van der Waals surface area contributed by atoms with Crippen LogP contribution in [0.4, 0.5) is 0 Å². The minimum atomic E-state index is -4.76. The van der Waals surface area contributed by atoms with Crippen molar-refractivity contribution in [1.82, 2.24) is 0 Å². The van der Waals surface area contributed by atoms with Gasteiger partial charge in [-0.2, -0.15) is 0 Å². The molecule has 168 valence electrons. The maximum Gasteiger partial charge on any atom is 0.340 e. The fourth-order valence-electron chi connectivity index (χ4n) is 1.82. The molecule has 0 saturated carbocycles. The Balaban J connectivity index is 0. The third kappa shape index (κ3) is 14.1. The fourth-order valence-corrected chi connectivity index (χ4v) is 6.81. The summed E-state index contributed by atoms with van der Waals surface area (Å²) in [4.78, 5) is 69.7. The SMILES string of the molecule is C=C(C)CCC(P(=O)(O)O)P(=O)(O)O.C=C(C)CCC(P(=O)(O)O)P(=O)(O)O. The van der Waals surface area contributed by atoms with Crippen molar-refractivity contribution >= 4 is 30.4 Å². The standard InChI is InChI=1S/2C6H14O6P2/c2*1-5(2)3-4-6(13(7,8)9)14(10,11)12/h2*6H,1,3-4H2,2H3,(H2,7,8,9)(H2,10,11,12). The second-order valence-corrected chi connectivity index (χ2v) is 14.3. The number of hydrogen-bond acceptors (Lipinski definition) is 4. The van der Waals surface area contributed by atoms with Crippen molar-refractivity contribution in [3.63, 3.8) is 0 Å². The van der Waals surface area contributed by atoms with Crippen LogP contribution in [0, 0.1) is 0 Å². The molecule has 28 heavy (non-hydrogen) atoms. The summed E-state index contributed by atoms with van der Waals surface area (Å²) in [5.41, 5.74) is 1.24. The van der Waals surface area contributed by atoms with Crippen LogP contribution in [-0.4, -0.2) is 49.9 Å². The van der Waals surface area contributed by atoms with E-state index in [2.05, 4.69) is 13.2 Å². The maximum absolute atomic E-state index is 10.8. The first-order valence-corrected chi connectivity index (χ1v) is 14.3. The van der Waals surface area contributed by atoms with Crippen LogP contribution in [0.15, 0.2) is 24.3 Å². The lowest BCUT2D eigenvalue weighted by atomic mass is 10.2. The third-order valence-electron chi connectivity index (χ3n) is 3.21. The Morgan fingerprint density at radius 2 is 0.786 bits per heavy atom. The molecule has 0 radical (unpaired) electrons. The highest BCUT2D eigenvalue weighted by atomic mass is 31.2. The van der Waals surface area contributed by atoms with Crippen LogP contribution in [0.1, 0.15) is 39.5 Å². The summed E-state index contributed by atoms with van der Waals surface area (Å²) in [6.45, 7) is 10.2. The molecule has 0 amide bonds. The van der Waals surface area contributed by atoms with Crippen LogP contribution in [0.3, 0.4) is 0 Å². The summed E-state index contributed by atoms with van der Waals surface area (Å²) in [7, 11) is -19.0. The summed E-state index contributed by atoms with van der Waals surface area (Å²) in [6.07, 6.45) is -0.157. The summed E-state index contributed by atoms with van der Waals surface area (Å²) in [5.74, 6) is 0. The van der Waals surface area contributed by atoms with Crippen LogP contribution < -0.4 is 0 Å². The molecular weight excluding hydrogens is 460 g/mol. The van der Waals surface area contributed by atoms with E-state index in [1.807, 2.05) is 0 Å². The number of allylic oxidation sites excluding steroid dienone is 2. The van der Waals surface area contributed by atoms with Crippen molar-refractivity contribution in [2.45, 2.75) is 50.3 Å². The summed E-state index contributed by atoms with van der Waals surface area (Å²) < 4.78 is 43.1. The fraction of sp³-hybridized carbons (Fsp3) is 0.667. The molecule has 0 aliphatic rings. The lowest BCUT2D eigenvalue weighted by molar-refractivity contribution is 0.331. The van der Waals surface area contributed by atoms with Crippen molar-refractivity contribution < 1.29 is 57.4 Å². The molecule has 0 rings (SSSR count).